The van der Waals surface area contributed by atoms with E-state index >= 15 is 0 Å². The van der Waals surface area contributed by atoms with E-state index in [1.54, 1.807) is 18.2 Å². The standard InChI is InChI=1S/C12H9NO5/c1-17-12(16)11-13-8-6-7(3-5-10(14)15)2-4-9(8)18-11/h2-6H,1H3,(H,14,15)/b5-3+. The Morgan fingerprint density at radius 1 is 1.44 bits per heavy atom. The molecule has 0 fully saturated rings. The lowest BCUT2D eigenvalue weighted by molar-refractivity contribution is -0.131. The van der Waals surface area contributed by atoms with Crippen molar-refractivity contribution in [3.63, 3.8) is 0 Å². The number of benzene rings is 1. The Kier molecular flexibility index (Phi) is 3.09. The predicted octanol–water partition coefficient (Wildman–Crippen LogP) is 1.71. The van der Waals surface area contributed by atoms with Gasteiger partial charge in [-0.3, -0.25) is 0 Å². The summed E-state index contributed by atoms with van der Waals surface area (Å²) in [6.45, 7) is 0. The molecule has 0 spiro atoms. The number of carbonyl (C=O) groups excluding carboxylic acids is 1. The highest BCUT2D eigenvalue weighted by atomic mass is 16.5. The second kappa shape index (κ2) is 4.70. The Labute approximate surface area is 101 Å². The summed E-state index contributed by atoms with van der Waals surface area (Å²) >= 11 is 0. The average molecular weight is 247 g/mol. The lowest BCUT2D eigenvalue weighted by atomic mass is 10.2. The van der Waals surface area contributed by atoms with Crippen molar-refractivity contribution in [1.29, 1.82) is 0 Å². The number of esters is 1. The molecule has 18 heavy (non-hydrogen) atoms. The van der Waals surface area contributed by atoms with Crippen LogP contribution >= 0.6 is 0 Å². The second-order valence-corrected chi connectivity index (χ2v) is 3.41. The molecular weight excluding hydrogens is 238 g/mol. The van der Waals surface area contributed by atoms with Crippen molar-refractivity contribution in [2.24, 2.45) is 0 Å². The van der Waals surface area contributed by atoms with Gasteiger partial charge in [-0.15, -0.1) is 0 Å². The highest BCUT2D eigenvalue weighted by Gasteiger charge is 2.14. The molecule has 0 aliphatic rings. The summed E-state index contributed by atoms with van der Waals surface area (Å²) in [7, 11) is 1.23. The van der Waals surface area contributed by atoms with Gasteiger partial charge in [-0.25, -0.2) is 14.6 Å². The molecule has 0 radical (unpaired) electrons. The number of hydrogen-bond donors (Lipinski definition) is 1. The van der Waals surface area contributed by atoms with Crippen molar-refractivity contribution in [3.8, 4) is 0 Å². The van der Waals surface area contributed by atoms with Gasteiger partial charge in [-0.1, -0.05) is 6.07 Å². The first kappa shape index (κ1) is 11.8. The predicted molar refractivity (Wildman–Crippen MR) is 62.0 cm³/mol. The first-order valence-electron chi connectivity index (χ1n) is 5.00. The lowest BCUT2D eigenvalue weighted by Gasteiger charge is -1.90. The number of fused-ring (bicyclic) bond motifs is 1. The number of carboxylic acids is 1. The van der Waals surface area contributed by atoms with Crippen LogP contribution in [0.15, 0.2) is 28.7 Å². The molecule has 2 aromatic rings. The van der Waals surface area contributed by atoms with E-state index in [-0.39, 0.29) is 5.89 Å². The van der Waals surface area contributed by atoms with Crippen LogP contribution in [0, 0.1) is 0 Å². The molecule has 0 saturated carbocycles. The number of aromatic nitrogens is 1. The number of rotatable bonds is 3. The zero-order valence-corrected chi connectivity index (χ0v) is 9.41. The number of hydrogen-bond acceptors (Lipinski definition) is 5. The number of ether oxygens (including phenoxy) is 1. The van der Waals surface area contributed by atoms with Crippen molar-refractivity contribution in [2.45, 2.75) is 0 Å². The molecule has 0 bridgehead atoms. The molecule has 0 aliphatic heterocycles. The van der Waals surface area contributed by atoms with E-state index in [2.05, 4.69) is 9.72 Å². The topological polar surface area (TPSA) is 89.6 Å². The highest BCUT2D eigenvalue weighted by molar-refractivity contribution is 5.89. The van der Waals surface area contributed by atoms with Gasteiger partial charge in [0.1, 0.15) is 5.52 Å². The summed E-state index contributed by atoms with van der Waals surface area (Å²) < 4.78 is 9.66. The van der Waals surface area contributed by atoms with Crippen LogP contribution in [0.5, 0.6) is 0 Å². The molecule has 0 atom stereocenters. The summed E-state index contributed by atoms with van der Waals surface area (Å²) in [4.78, 5) is 25.5. The fourth-order valence-corrected chi connectivity index (χ4v) is 1.39. The van der Waals surface area contributed by atoms with Crippen LogP contribution in [0.2, 0.25) is 0 Å². The van der Waals surface area contributed by atoms with E-state index in [0.717, 1.165) is 6.08 Å². The Hall–Kier alpha value is -2.63. The zero-order valence-electron chi connectivity index (χ0n) is 9.41. The van der Waals surface area contributed by atoms with E-state index in [1.165, 1.54) is 13.2 Å². The molecule has 6 heteroatoms. The smallest absolute Gasteiger partial charge is 0.394 e. The van der Waals surface area contributed by atoms with Gasteiger partial charge < -0.3 is 14.3 Å². The monoisotopic (exact) mass is 247 g/mol. The Bertz CT molecular complexity index is 641. The van der Waals surface area contributed by atoms with Gasteiger partial charge in [0.2, 0.25) is 0 Å². The van der Waals surface area contributed by atoms with Crippen LogP contribution in [0.25, 0.3) is 17.2 Å². The third-order valence-electron chi connectivity index (χ3n) is 2.19. The van der Waals surface area contributed by atoms with E-state index in [9.17, 15) is 9.59 Å². The number of oxazole rings is 1. The van der Waals surface area contributed by atoms with Crippen LogP contribution in [0.3, 0.4) is 0 Å². The van der Waals surface area contributed by atoms with Crippen LogP contribution in [0.4, 0.5) is 0 Å². The van der Waals surface area contributed by atoms with Crippen LogP contribution in [0.1, 0.15) is 16.2 Å². The minimum Gasteiger partial charge on any atom is -0.478 e. The van der Waals surface area contributed by atoms with Crippen LogP contribution in [-0.4, -0.2) is 29.1 Å². The van der Waals surface area contributed by atoms with E-state index in [1.807, 2.05) is 0 Å². The van der Waals surface area contributed by atoms with Crippen molar-refractivity contribution in [1.82, 2.24) is 4.98 Å². The SMILES string of the molecule is COC(=O)c1nc2cc(/C=C/C(=O)O)ccc2o1. The number of carbonyl (C=O) groups is 2. The molecular formula is C12H9NO5. The van der Waals surface area contributed by atoms with E-state index in [0.29, 0.717) is 16.7 Å². The van der Waals surface area contributed by atoms with Gasteiger partial charge in [0.05, 0.1) is 7.11 Å². The fourth-order valence-electron chi connectivity index (χ4n) is 1.39. The maximum absolute atomic E-state index is 11.2. The number of carboxylic acid groups (broad SMARTS) is 1. The molecule has 0 amide bonds. The third kappa shape index (κ3) is 2.37. The molecule has 1 aromatic heterocycles. The summed E-state index contributed by atoms with van der Waals surface area (Å²) in [6.07, 6.45) is 2.44. The maximum atomic E-state index is 11.2. The maximum Gasteiger partial charge on any atom is 0.394 e. The first-order valence-corrected chi connectivity index (χ1v) is 5.00. The van der Waals surface area contributed by atoms with Crippen molar-refractivity contribution < 1.29 is 23.8 Å². The largest absolute Gasteiger partial charge is 0.478 e. The van der Waals surface area contributed by atoms with Crippen molar-refractivity contribution >= 4 is 29.1 Å². The van der Waals surface area contributed by atoms with Crippen molar-refractivity contribution in [2.75, 3.05) is 7.11 Å². The van der Waals surface area contributed by atoms with Crippen LogP contribution < -0.4 is 0 Å². The number of methoxy groups -OCH3 is 1. The summed E-state index contributed by atoms with van der Waals surface area (Å²) in [5.74, 6) is -1.83. The fraction of sp³-hybridized carbons (Fsp3) is 0.0833. The molecule has 1 N–H and O–H groups in total. The number of aliphatic carboxylic acids is 1. The highest BCUT2D eigenvalue weighted by Crippen LogP contribution is 2.18. The Morgan fingerprint density at radius 3 is 2.89 bits per heavy atom. The van der Waals surface area contributed by atoms with Gasteiger partial charge in [-0.05, 0) is 23.8 Å². The quantitative estimate of drug-likeness (QED) is 0.656. The second-order valence-electron chi connectivity index (χ2n) is 3.41. The number of nitrogens with zero attached hydrogens (tertiary/aromatic N) is 1. The molecule has 0 unspecified atom stereocenters. The normalized spacial score (nSPS) is 10.9. The molecule has 0 saturated heterocycles. The van der Waals surface area contributed by atoms with Gasteiger partial charge in [-0.2, -0.15) is 0 Å². The van der Waals surface area contributed by atoms with Gasteiger partial charge in [0.15, 0.2) is 5.58 Å². The Balaban J connectivity index is 2.39. The van der Waals surface area contributed by atoms with Gasteiger partial charge >= 0.3 is 17.8 Å². The minimum absolute atomic E-state index is 0.133. The molecule has 92 valence electrons. The minimum atomic E-state index is -1.04. The molecule has 1 heterocycles. The summed E-state index contributed by atoms with van der Waals surface area (Å²) in [6, 6.07) is 4.88. The summed E-state index contributed by atoms with van der Waals surface area (Å²) in [5.41, 5.74) is 1.54. The van der Waals surface area contributed by atoms with Gasteiger partial charge in [0, 0.05) is 6.08 Å². The summed E-state index contributed by atoms with van der Waals surface area (Å²) in [5, 5.41) is 8.51. The lowest BCUT2D eigenvalue weighted by Crippen LogP contribution is -2.00. The third-order valence-corrected chi connectivity index (χ3v) is 2.19. The average Bonchev–Trinajstić information content (AvgIpc) is 2.78. The van der Waals surface area contributed by atoms with E-state index < -0.39 is 11.9 Å². The first-order chi connectivity index (χ1) is 8.60. The zero-order chi connectivity index (χ0) is 13.1. The van der Waals surface area contributed by atoms with Crippen LogP contribution in [-0.2, 0) is 9.53 Å². The molecule has 2 rings (SSSR count). The van der Waals surface area contributed by atoms with Gasteiger partial charge in [0.25, 0.3) is 0 Å². The van der Waals surface area contributed by atoms with Crippen molar-refractivity contribution in [3.05, 3.63) is 35.7 Å². The molecule has 1 aromatic carbocycles. The molecule has 0 aliphatic carbocycles. The Morgan fingerprint density at radius 2 is 2.22 bits per heavy atom. The van der Waals surface area contributed by atoms with E-state index in [4.69, 9.17) is 9.52 Å². The molecule has 6 nitrogen and oxygen atoms in total.